The number of hydrogen-bond acceptors (Lipinski definition) is 6. The molecule has 2 heterocycles. The number of amides is 1. The van der Waals surface area contributed by atoms with Gasteiger partial charge in [-0.2, -0.15) is 0 Å². The van der Waals surface area contributed by atoms with Gasteiger partial charge in [-0.15, -0.1) is 0 Å². The zero-order valence-electron chi connectivity index (χ0n) is 18.3. The van der Waals surface area contributed by atoms with Crippen molar-refractivity contribution >= 4 is 28.6 Å². The van der Waals surface area contributed by atoms with Gasteiger partial charge >= 0.3 is 6.09 Å². The summed E-state index contributed by atoms with van der Waals surface area (Å²) >= 11 is 6.09. The van der Waals surface area contributed by atoms with E-state index in [9.17, 15) is 19.8 Å². The van der Waals surface area contributed by atoms with E-state index in [1.807, 2.05) is 6.92 Å². The smallest absolute Gasteiger partial charge is 0.410 e. The molecule has 1 fully saturated rings. The molecule has 3 rings (SSSR count). The van der Waals surface area contributed by atoms with Gasteiger partial charge < -0.3 is 19.8 Å². The van der Waals surface area contributed by atoms with Gasteiger partial charge in [-0.3, -0.25) is 9.36 Å². The van der Waals surface area contributed by atoms with Crippen LogP contribution in [0.1, 0.15) is 45.6 Å². The number of fused-ring (bicyclic) bond motifs is 1. The third-order valence-corrected chi connectivity index (χ3v) is 5.59. The molecule has 0 aliphatic carbocycles. The Morgan fingerprint density at radius 2 is 2.10 bits per heavy atom. The van der Waals surface area contributed by atoms with Gasteiger partial charge in [0.05, 0.1) is 42.0 Å². The first-order valence-corrected chi connectivity index (χ1v) is 10.8. The van der Waals surface area contributed by atoms with Crippen LogP contribution in [-0.2, 0) is 11.3 Å². The van der Waals surface area contributed by atoms with Gasteiger partial charge in [0.1, 0.15) is 5.60 Å². The number of aliphatic hydroxyl groups excluding tert-OH is 2. The van der Waals surface area contributed by atoms with Gasteiger partial charge in [0.15, 0.2) is 0 Å². The molecule has 1 aliphatic heterocycles. The lowest BCUT2D eigenvalue weighted by Crippen LogP contribution is -2.53. The molecular weight excluding hydrogens is 422 g/mol. The van der Waals surface area contributed by atoms with Crippen LogP contribution in [-0.4, -0.2) is 61.2 Å². The number of piperidine rings is 1. The largest absolute Gasteiger partial charge is 0.444 e. The van der Waals surface area contributed by atoms with Crippen LogP contribution in [0.3, 0.4) is 0 Å². The second kappa shape index (κ2) is 9.14. The summed E-state index contributed by atoms with van der Waals surface area (Å²) in [6, 6.07) is 2.71. The molecule has 1 aromatic heterocycles. The molecule has 0 saturated carbocycles. The quantitative estimate of drug-likeness (QED) is 0.740. The molecule has 2 N–H and O–H groups in total. The van der Waals surface area contributed by atoms with Crippen LogP contribution in [0.5, 0.6) is 0 Å². The molecule has 31 heavy (non-hydrogen) atoms. The molecule has 3 atom stereocenters. The number of carbonyl (C=O) groups is 1. The highest BCUT2D eigenvalue weighted by molar-refractivity contribution is 6.31. The van der Waals surface area contributed by atoms with E-state index < -0.39 is 29.9 Å². The third-order valence-electron chi connectivity index (χ3n) is 5.38. The Morgan fingerprint density at radius 1 is 1.39 bits per heavy atom. The summed E-state index contributed by atoms with van der Waals surface area (Å²) in [5, 5.41) is 22.0. The fourth-order valence-electron chi connectivity index (χ4n) is 3.98. The van der Waals surface area contributed by atoms with Gasteiger partial charge in [0.25, 0.3) is 5.56 Å². The Balaban J connectivity index is 1.78. The molecule has 0 radical (unpaired) electrons. The van der Waals surface area contributed by atoms with E-state index in [0.29, 0.717) is 35.3 Å². The normalized spacial score (nSPS) is 20.7. The highest BCUT2D eigenvalue weighted by Crippen LogP contribution is 2.25. The van der Waals surface area contributed by atoms with Crippen molar-refractivity contribution < 1.29 is 19.7 Å². The number of rotatable bonds is 4. The maximum Gasteiger partial charge on any atom is 0.410 e. The maximum absolute atomic E-state index is 12.9. The van der Waals surface area contributed by atoms with E-state index in [1.165, 1.54) is 15.8 Å². The summed E-state index contributed by atoms with van der Waals surface area (Å²) < 4.78 is 6.79. The predicted molar refractivity (Wildman–Crippen MR) is 118 cm³/mol. The van der Waals surface area contributed by atoms with E-state index in [1.54, 1.807) is 32.9 Å². The first-order chi connectivity index (χ1) is 14.5. The minimum Gasteiger partial charge on any atom is -0.444 e. The minimum absolute atomic E-state index is 0.0152. The molecule has 8 nitrogen and oxygen atoms in total. The average molecular weight is 452 g/mol. The van der Waals surface area contributed by atoms with E-state index in [-0.39, 0.29) is 18.5 Å². The van der Waals surface area contributed by atoms with Crippen molar-refractivity contribution in [1.82, 2.24) is 14.5 Å². The van der Waals surface area contributed by atoms with E-state index >= 15 is 0 Å². The molecule has 1 amide bonds. The molecule has 9 heteroatoms. The van der Waals surface area contributed by atoms with Gasteiger partial charge in [0.2, 0.25) is 0 Å². The summed E-state index contributed by atoms with van der Waals surface area (Å²) in [5.74, 6) is 0. The van der Waals surface area contributed by atoms with Gasteiger partial charge in [-0.25, -0.2) is 9.78 Å². The van der Waals surface area contributed by atoms with Crippen molar-refractivity contribution in [2.45, 2.75) is 77.4 Å². The van der Waals surface area contributed by atoms with E-state index in [4.69, 9.17) is 16.3 Å². The number of benzene rings is 1. The Kier molecular flexibility index (Phi) is 6.93. The molecule has 170 valence electrons. The molecule has 2 aromatic rings. The van der Waals surface area contributed by atoms with Crippen molar-refractivity contribution in [2.75, 3.05) is 6.54 Å². The van der Waals surface area contributed by atoms with Crippen LogP contribution in [0.15, 0.2) is 23.3 Å². The molecule has 0 bridgehead atoms. The fraction of sp³-hybridized carbons (Fsp3) is 0.591. The summed E-state index contributed by atoms with van der Waals surface area (Å²) in [4.78, 5) is 31.3. The standard InChI is InChI=1S/C22H30ClN3O5/c1-13-8-14(23)9-16-19(13)24-12-25(20(16)29)11-15(27)10-17-18(28)6-5-7-26(17)21(30)31-22(2,3)4/h8-9,12,15,17-18,27-28H,5-7,10-11H2,1-4H3/t15-,17-,18+/m1/s1. The number of likely N-dealkylation sites (tertiary alicyclic amines) is 1. The van der Waals surface area contributed by atoms with Crippen molar-refractivity contribution in [3.63, 3.8) is 0 Å². The van der Waals surface area contributed by atoms with Crippen LogP contribution in [0.2, 0.25) is 5.02 Å². The minimum atomic E-state index is -0.972. The third kappa shape index (κ3) is 5.56. The summed E-state index contributed by atoms with van der Waals surface area (Å²) in [5.41, 5.74) is 0.402. The van der Waals surface area contributed by atoms with Crippen molar-refractivity contribution in [3.05, 3.63) is 39.4 Å². The number of carbonyl (C=O) groups excluding carboxylic acids is 1. The van der Waals surface area contributed by atoms with Crippen LogP contribution in [0, 0.1) is 6.92 Å². The number of nitrogens with zero attached hydrogens (tertiary/aromatic N) is 3. The summed E-state index contributed by atoms with van der Waals surface area (Å²) in [7, 11) is 0. The van der Waals surface area contributed by atoms with Crippen LogP contribution >= 0.6 is 11.6 Å². The number of aryl methyl sites for hydroxylation is 1. The second-order valence-electron chi connectivity index (χ2n) is 9.16. The number of aromatic nitrogens is 2. The zero-order valence-corrected chi connectivity index (χ0v) is 19.1. The van der Waals surface area contributed by atoms with Crippen LogP contribution < -0.4 is 5.56 Å². The highest BCUT2D eigenvalue weighted by atomic mass is 35.5. The zero-order chi connectivity index (χ0) is 22.9. The number of halogens is 1. The molecule has 0 unspecified atom stereocenters. The van der Waals surface area contributed by atoms with Gasteiger partial charge in [-0.1, -0.05) is 11.6 Å². The monoisotopic (exact) mass is 451 g/mol. The van der Waals surface area contributed by atoms with Gasteiger partial charge in [-0.05, 0) is 64.7 Å². The lowest BCUT2D eigenvalue weighted by molar-refractivity contribution is -0.0368. The van der Waals surface area contributed by atoms with Crippen molar-refractivity contribution in [3.8, 4) is 0 Å². The first kappa shape index (κ1) is 23.5. The second-order valence-corrected chi connectivity index (χ2v) is 9.60. The average Bonchev–Trinajstić information content (AvgIpc) is 2.64. The Morgan fingerprint density at radius 3 is 2.77 bits per heavy atom. The van der Waals surface area contributed by atoms with Crippen LogP contribution in [0.25, 0.3) is 10.9 Å². The lowest BCUT2D eigenvalue weighted by atomic mass is 9.94. The lowest BCUT2D eigenvalue weighted by Gasteiger charge is -2.40. The van der Waals surface area contributed by atoms with E-state index in [2.05, 4.69) is 4.98 Å². The molecule has 0 spiro atoms. The Bertz CT molecular complexity index is 1020. The molecule has 1 aromatic carbocycles. The fourth-order valence-corrected chi connectivity index (χ4v) is 4.26. The SMILES string of the molecule is Cc1cc(Cl)cc2c(=O)n(C[C@H](O)C[C@@H]3[C@@H](O)CCCN3C(=O)OC(C)(C)C)cnc12. The Hall–Kier alpha value is -2.16. The van der Waals surface area contributed by atoms with Gasteiger partial charge in [0, 0.05) is 11.6 Å². The number of hydrogen-bond donors (Lipinski definition) is 2. The number of ether oxygens (including phenoxy) is 1. The predicted octanol–water partition coefficient (Wildman–Crippen LogP) is 2.87. The highest BCUT2D eigenvalue weighted by Gasteiger charge is 2.37. The summed E-state index contributed by atoms with van der Waals surface area (Å²) in [6.45, 7) is 7.60. The van der Waals surface area contributed by atoms with Crippen molar-refractivity contribution in [2.24, 2.45) is 0 Å². The number of aliphatic hydroxyl groups is 2. The topological polar surface area (TPSA) is 105 Å². The molecule has 1 aliphatic rings. The maximum atomic E-state index is 12.9. The van der Waals surface area contributed by atoms with E-state index in [0.717, 1.165) is 5.56 Å². The first-order valence-electron chi connectivity index (χ1n) is 10.5. The molecular formula is C22H30ClN3O5. The Labute approximate surface area is 186 Å². The van der Waals surface area contributed by atoms with Crippen molar-refractivity contribution in [1.29, 1.82) is 0 Å². The molecule has 1 saturated heterocycles. The van der Waals surface area contributed by atoms with Crippen LogP contribution in [0.4, 0.5) is 4.79 Å². The summed E-state index contributed by atoms with van der Waals surface area (Å²) in [6.07, 6.45) is 0.437.